The number of amides is 1. The van der Waals surface area contributed by atoms with Crippen LogP contribution in [0.1, 0.15) is 44.9 Å². The number of aliphatic carboxylic acids is 1. The molecule has 1 amide bonds. The van der Waals surface area contributed by atoms with Crippen molar-refractivity contribution in [3.05, 3.63) is 0 Å². The van der Waals surface area contributed by atoms with Crippen molar-refractivity contribution in [1.29, 1.82) is 0 Å². The first-order valence-electron chi connectivity index (χ1n) is 7.45. The van der Waals surface area contributed by atoms with E-state index in [1.165, 1.54) is 0 Å². The van der Waals surface area contributed by atoms with Crippen LogP contribution in [0.2, 0.25) is 0 Å². The molecule has 3 N–H and O–H groups in total. The molecule has 1 saturated carbocycles. The molecular weight excluding hydrogens is 276 g/mol. The van der Waals surface area contributed by atoms with Crippen LogP contribution in [0.25, 0.3) is 0 Å². The maximum atomic E-state index is 12.1. The van der Waals surface area contributed by atoms with Crippen LogP contribution < -0.4 is 10.6 Å². The van der Waals surface area contributed by atoms with Gasteiger partial charge in [-0.05, 0) is 38.8 Å². The lowest BCUT2D eigenvalue weighted by Crippen LogP contribution is -2.48. The third-order valence-corrected chi connectivity index (χ3v) is 5.56. The van der Waals surface area contributed by atoms with Crippen molar-refractivity contribution in [3.8, 4) is 0 Å². The predicted octanol–water partition coefficient (Wildman–Crippen LogP) is 1.38. The second kappa shape index (κ2) is 7.31. The van der Waals surface area contributed by atoms with E-state index in [2.05, 4.69) is 10.6 Å². The molecule has 1 aliphatic carbocycles. The summed E-state index contributed by atoms with van der Waals surface area (Å²) in [6.45, 7) is 2.06. The van der Waals surface area contributed by atoms with E-state index in [0.29, 0.717) is 11.0 Å². The summed E-state index contributed by atoms with van der Waals surface area (Å²) in [5.41, 5.74) is -0.488. The third-order valence-electron chi connectivity index (χ3n) is 4.19. The molecule has 2 aliphatic rings. The first kappa shape index (κ1) is 15.6. The number of hydrogen-bond acceptors (Lipinski definition) is 4. The molecule has 1 aliphatic heterocycles. The molecule has 0 radical (unpaired) electrons. The number of piperidine rings is 1. The maximum Gasteiger partial charge on any atom is 0.305 e. The highest BCUT2D eigenvalue weighted by Crippen LogP contribution is 2.33. The molecule has 0 bridgehead atoms. The molecular formula is C14H24N2O3S. The molecule has 0 atom stereocenters. The van der Waals surface area contributed by atoms with E-state index in [9.17, 15) is 9.59 Å². The Bertz CT molecular complexity index is 350. The van der Waals surface area contributed by atoms with Crippen LogP contribution in [0.4, 0.5) is 0 Å². The average molecular weight is 300 g/mol. The highest BCUT2D eigenvalue weighted by Gasteiger charge is 2.37. The fraction of sp³-hybridized carbons (Fsp3) is 0.857. The van der Waals surface area contributed by atoms with Gasteiger partial charge in [0.05, 0.1) is 17.7 Å². The van der Waals surface area contributed by atoms with Crippen molar-refractivity contribution >= 4 is 23.6 Å². The molecule has 2 rings (SSSR count). The Labute approximate surface area is 124 Å². The van der Waals surface area contributed by atoms with Crippen molar-refractivity contribution < 1.29 is 14.7 Å². The van der Waals surface area contributed by atoms with Crippen LogP contribution in [0.5, 0.6) is 0 Å². The highest BCUT2D eigenvalue weighted by atomic mass is 32.2. The van der Waals surface area contributed by atoms with Crippen LogP contribution in [-0.2, 0) is 9.59 Å². The summed E-state index contributed by atoms with van der Waals surface area (Å²) < 4.78 is 0. The molecule has 6 heteroatoms. The van der Waals surface area contributed by atoms with E-state index in [-0.39, 0.29) is 12.3 Å². The molecule has 0 unspecified atom stereocenters. The zero-order valence-corrected chi connectivity index (χ0v) is 12.6. The van der Waals surface area contributed by atoms with Gasteiger partial charge in [-0.1, -0.05) is 12.8 Å². The molecule has 0 aromatic rings. The lowest BCUT2D eigenvalue weighted by atomic mass is 9.93. The number of carbonyl (C=O) groups is 2. The predicted molar refractivity (Wildman–Crippen MR) is 79.9 cm³/mol. The second-order valence-corrected chi connectivity index (χ2v) is 7.16. The zero-order chi connectivity index (χ0) is 14.4. The fourth-order valence-electron chi connectivity index (χ4n) is 3.17. The number of carbonyl (C=O) groups excluding carboxylic acids is 1. The van der Waals surface area contributed by atoms with Gasteiger partial charge in [0.1, 0.15) is 0 Å². The highest BCUT2D eigenvalue weighted by molar-refractivity contribution is 8.00. The number of nitrogens with one attached hydrogen (secondary N) is 2. The largest absolute Gasteiger partial charge is 0.481 e. The fourth-order valence-corrected chi connectivity index (χ4v) is 4.20. The third kappa shape index (κ3) is 4.66. The van der Waals surface area contributed by atoms with E-state index in [1.54, 1.807) is 11.8 Å². The lowest BCUT2D eigenvalue weighted by Gasteiger charge is -2.29. The van der Waals surface area contributed by atoms with E-state index in [4.69, 9.17) is 5.11 Å². The lowest BCUT2D eigenvalue weighted by molar-refractivity contribution is -0.139. The Balaban J connectivity index is 1.77. The van der Waals surface area contributed by atoms with Gasteiger partial charge in [-0.2, -0.15) is 0 Å². The Morgan fingerprint density at radius 2 is 1.90 bits per heavy atom. The van der Waals surface area contributed by atoms with Crippen molar-refractivity contribution in [2.24, 2.45) is 0 Å². The Hall–Kier alpha value is -0.750. The molecule has 2 fully saturated rings. The van der Waals surface area contributed by atoms with Crippen LogP contribution in [-0.4, -0.2) is 46.6 Å². The standard InChI is InChI=1S/C14H24N2O3S/c17-12(10-20-11-3-7-15-8-4-11)16-14(9-13(18)19)5-1-2-6-14/h11,15H,1-10H2,(H,16,17)(H,18,19). The van der Waals surface area contributed by atoms with Gasteiger partial charge in [0, 0.05) is 5.25 Å². The van der Waals surface area contributed by atoms with Crippen molar-refractivity contribution in [2.45, 2.75) is 55.7 Å². The van der Waals surface area contributed by atoms with Gasteiger partial charge < -0.3 is 15.7 Å². The minimum atomic E-state index is -0.821. The maximum absolute atomic E-state index is 12.1. The molecule has 1 saturated heterocycles. The van der Waals surface area contributed by atoms with Gasteiger partial charge in [-0.25, -0.2) is 0 Å². The number of hydrogen-bond donors (Lipinski definition) is 3. The smallest absolute Gasteiger partial charge is 0.305 e. The van der Waals surface area contributed by atoms with Crippen molar-refractivity contribution in [2.75, 3.05) is 18.8 Å². The molecule has 0 aromatic carbocycles. The van der Waals surface area contributed by atoms with Gasteiger partial charge >= 0.3 is 5.97 Å². The van der Waals surface area contributed by atoms with Crippen LogP contribution in [0.3, 0.4) is 0 Å². The van der Waals surface area contributed by atoms with E-state index >= 15 is 0 Å². The molecule has 1 heterocycles. The second-order valence-electron chi connectivity index (χ2n) is 5.87. The molecule has 5 nitrogen and oxygen atoms in total. The Morgan fingerprint density at radius 1 is 1.25 bits per heavy atom. The number of carboxylic acids is 1. The van der Waals surface area contributed by atoms with Crippen LogP contribution >= 0.6 is 11.8 Å². The number of carboxylic acid groups (broad SMARTS) is 1. The van der Waals surface area contributed by atoms with Gasteiger partial charge in [-0.15, -0.1) is 11.8 Å². The summed E-state index contributed by atoms with van der Waals surface area (Å²) in [7, 11) is 0. The molecule has 0 spiro atoms. The molecule has 114 valence electrons. The van der Waals surface area contributed by atoms with Crippen LogP contribution in [0, 0.1) is 0 Å². The normalized spacial score (nSPS) is 22.6. The van der Waals surface area contributed by atoms with Gasteiger partial charge in [0.2, 0.25) is 5.91 Å². The van der Waals surface area contributed by atoms with Gasteiger partial charge in [0.15, 0.2) is 0 Å². The quantitative estimate of drug-likeness (QED) is 0.690. The number of rotatable bonds is 6. The molecule has 0 aromatic heterocycles. The monoisotopic (exact) mass is 300 g/mol. The van der Waals surface area contributed by atoms with Gasteiger partial charge in [0.25, 0.3) is 0 Å². The summed E-state index contributed by atoms with van der Waals surface area (Å²) in [6.07, 6.45) is 5.88. The van der Waals surface area contributed by atoms with E-state index < -0.39 is 11.5 Å². The van der Waals surface area contributed by atoms with Crippen molar-refractivity contribution in [1.82, 2.24) is 10.6 Å². The minimum Gasteiger partial charge on any atom is -0.481 e. The summed E-state index contributed by atoms with van der Waals surface area (Å²) in [5, 5.41) is 15.9. The summed E-state index contributed by atoms with van der Waals surface area (Å²) in [4.78, 5) is 23.1. The first-order valence-corrected chi connectivity index (χ1v) is 8.50. The topological polar surface area (TPSA) is 78.4 Å². The first-order chi connectivity index (χ1) is 9.60. The Kier molecular flexibility index (Phi) is 5.72. The van der Waals surface area contributed by atoms with Crippen molar-refractivity contribution in [3.63, 3.8) is 0 Å². The summed E-state index contributed by atoms with van der Waals surface area (Å²) in [5.74, 6) is -0.374. The Morgan fingerprint density at radius 3 is 2.50 bits per heavy atom. The van der Waals surface area contributed by atoms with Crippen LogP contribution in [0.15, 0.2) is 0 Å². The average Bonchev–Trinajstić information content (AvgIpc) is 2.85. The SMILES string of the molecule is O=C(O)CC1(NC(=O)CSC2CCNCC2)CCCC1. The minimum absolute atomic E-state index is 0.00307. The zero-order valence-electron chi connectivity index (χ0n) is 11.8. The van der Waals surface area contributed by atoms with E-state index in [1.807, 2.05) is 0 Å². The van der Waals surface area contributed by atoms with E-state index in [0.717, 1.165) is 51.6 Å². The number of thioether (sulfide) groups is 1. The summed E-state index contributed by atoms with van der Waals surface area (Å²) >= 11 is 1.71. The molecule has 20 heavy (non-hydrogen) atoms. The van der Waals surface area contributed by atoms with Gasteiger partial charge in [-0.3, -0.25) is 9.59 Å². The summed E-state index contributed by atoms with van der Waals surface area (Å²) in [6, 6.07) is 0.